The molecule has 1 heterocycles. The van der Waals surface area contributed by atoms with Crippen LogP contribution in [0.2, 0.25) is 0 Å². The molecular weight excluding hydrogens is 268 g/mol. The highest BCUT2D eigenvalue weighted by atomic mass is 32.1. The lowest BCUT2D eigenvalue weighted by Gasteiger charge is -2.18. The summed E-state index contributed by atoms with van der Waals surface area (Å²) in [6.45, 7) is 2.57. The second-order valence-corrected chi connectivity index (χ2v) is 6.65. The van der Waals surface area contributed by atoms with Crippen molar-refractivity contribution in [3.8, 4) is 0 Å². The van der Waals surface area contributed by atoms with Crippen LogP contribution in [0.4, 0.5) is 0 Å². The highest BCUT2D eigenvalue weighted by molar-refractivity contribution is 7.07. The van der Waals surface area contributed by atoms with E-state index in [9.17, 15) is 4.79 Å². The van der Waals surface area contributed by atoms with Gasteiger partial charge in [0.25, 0.3) is 0 Å². The fraction of sp³-hybridized carbons (Fsp3) is 0.688. The lowest BCUT2D eigenvalue weighted by molar-refractivity contribution is -0.121. The first-order valence-corrected chi connectivity index (χ1v) is 8.72. The largest absolute Gasteiger partial charge is 0.352 e. The maximum atomic E-state index is 12.0. The zero-order chi connectivity index (χ0) is 14.2. The van der Waals surface area contributed by atoms with E-state index in [-0.39, 0.29) is 5.91 Å². The predicted molar refractivity (Wildman–Crippen MR) is 85.1 cm³/mol. The SMILES string of the molecule is CC(Cc1ccsc1)NCC(=O)NC1CCCCCC1. The monoisotopic (exact) mass is 294 g/mol. The Kier molecular flexibility index (Phi) is 6.54. The second kappa shape index (κ2) is 8.42. The molecule has 0 radical (unpaired) electrons. The van der Waals surface area contributed by atoms with Gasteiger partial charge >= 0.3 is 0 Å². The van der Waals surface area contributed by atoms with Gasteiger partial charge in [-0.2, -0.15) is 11.3 Å². The average Bonchev–Trinajstić information content (AvgIpc) is 2.80. The van der Waals surface area contributed by atoms with Crippen molar-refractivity contribution in [3.63, 3.8) is 0 Å². The molecule has 3 nitrogen and oxygen atoms in total. The first-order valence-electron chi connectivity index (χ1n) is 7.78. The van der Waals surface area contributed by atoms with Crippen LogP contribution in [0.1, 0.15) is 51.0 Å². The maximum Gasteiger partial charge on any atom is 0.234 e. The Hall–Kier alpha value is -0.870. The molecule has 4 heteroatoms. The predicted octanol–water partition coefficient (Wildman–Crippen LogP) is 3.11. The van der Waals surface area contributed by atoms with Crippen LogP contribution in [0, 0.1) is 0 Å². The molecule has 20 heavy (non-hydrogen) atoms. The third-order valence-corrected chi connectivity index (χ3v) is 4.69. The van der Waals surface area contributed by atoms with Gasteiger partial charge in [-0.05, 0) is 48.6 Å². The summed E-state index contributed by atoms with van der Waals surface area (Å²) >= 11 is 1.72. The third kappa shape index (κ3) is 5.63. The van der Waals surface area contributed by atoms with Crippen LogP contribution in [0.25, 0.3) is 0 Å². The third-order valence-electron chi connectivity index (χ3n) is 3.95. The van der Waals surface area contributed by atoms with Crippen molar-refractivity contribution < 1.29 is 4.79 Å². The van der Waals surface area contributed by atoms with E-state index in [4.69, 9.17) is 0 Å². The molecule has 1 aliphatic carbocycles. The normalized spacial score (nSPS) is 18.4. The highest BCUT2D eigenvalue weighted by Crippen LogP contribution is 2.17. The molecule has 1 atom stereocenters. The lowest BCUT2D eigenvalue weighted by atomic mass is 10.1. The van der Waals surface area contributed by atoms with Crippen LogP contribution >= 0.6 is 11.3 Å². The quantitative estimate of drug-likeness (QED) is 0.792. The van der Waals surface area contributed by atoms with Gasteiger partial charge in [0.2, 0.25) is 5.91 Å². The van der Waals surface area contributed by atoms with Crippen LogP contribution in [0.5, 0.6) is 0 Å². The Morgan fingerprint density at radius 2 is 2.10 bits per heavy atom. The zero-order valence-electron chi connectivity index (χ0n) is 12.4. The van der Waals surface area contributed by atoms with Gasteiger partial charge in [-0.25, -0.2) is 0 Å². The number of rotatable bonds is 6. The number of hydrogen-bond donors (Lipinski definition) is 2. The molecule has 0 spiro atoms. The molecule has 1 aromatic rings. The molecule has 112 valence electrons. The van der Waals surface area contributed by atoms with Gasteiger partial charge in [0, 0.05) is 12.1 Å². The number of carbonyl (C=O) groups excluding carboxylic acids is 1. The zero-order valence-corrected chi connectivity index (χ0v) is 13.2. The van der Waals surface area contributed by atoms with E-state index < -0.39 is 0 Å². The first-order chi connectivity index (χ1) is 9.74. The molecule has 1 amide bonds. The van der Waals surface area contributed by atoms with Gasteiger partial charge in [0.15, 0.2) is 0 Å². The molecule has 1 aliphatic rings. The molecule has 1 aromatic heterocycles. The van der Waals surface area contributed by atoms with E-state index in [1.165, 1.54) is 31.2 Å². The maximum absolute atomic E-state index is 12.0. The molecule has 0 bridgehead atoms. The number of nitrogens with one attached hydrogen (secondary N) is 2. The molecule has 2 N–H and O–H groups in total. The fourth-order valence-electron chi connectivity index (χ4n) is 2.80. The van der Waals surface area contributed by atoms with Crippen LogP contribution < -0.4 is 10.6 Å². The van der Waals surface area contributed by atoms with Crippen molar-refractivity contribution in [1.82, 2.24) is 10.6 Å². The van der Waals surface area contributed by atoms with Crippen molar-refractivity contribution in [2.75, 3.05) is 6.54 Å². The Labute approximate surface area is 126 Å². The Morgan fingerprint density at radius 3 is 2.75 bits per heavy atom. The Morgan fingerprint density at radius 1 is 1.35 bits per heavy atom. The molecular formula is C16H26N2OS. The number of carbonyl (C=O) groups is 1. The van der Waals surface area contributed by atoms with Crippen molar-refractivity contribution in [1.29, 1.82) is 0 Å². The van der Waals surface area contributed by atoms with Crippen LogP contribution in [0.15, 0.2) is 16.8 Å². The molecule has 0 saturated heterocycles. The number of amides is 1. The summed E-state index contributed by atoms with van der Waals surface area (Å²) in [4.78, 5) is 12.0. The van der Waals surface area contributed by atoms with Gasteiger partial charge in [-0.15, -0.1) is 0 Å². The molecule has 1 unspecified atom stereocenters. The molecule has 2 rings (SSSR count). The summed E-state index contributed by atoms with van der Waals surface area (Å²) in [6, 6.07) is 2.89. The van der Waals surface area contributed by atoms with E-state index >= 15 is 0 Å². The topological polar surface area (TPSA) is 41.1 Å². The molecule has 1 fully saturated rings. The Balaban J connectivity index is 1.63. The van der Waals surface area contributed by atoms with Crippen molar-refractivity contribution in [2.45, 2.75) is 64.0 Å². The fourth-order valence-corrected chi connectivity index (χ4v) is 3.49. The summed E-state index contributed by atoms with van der Waals surface area (Å²) in [7, 11) is 0. The standard InChI is InChI=1S/C16H26N2OS/c1-13(10-14-8-9-20-12-14)17-11-16(19)18-15-6-4-2-3-5-7-15/h8-9,12-13,15,17H,2-7,10-11H2,1H3,(H,18,19). The van der Waals surface area contributed by atoms with Gasteiger partial charge < -0.3 is 10.6 Å². The summed E-state index contributed by atoms with van der Waals surface area (Å²) in [5, 5.41) is 10.8. The average molecular weight is 294 g/mol. The minimum absolute atomic E-state index is 0.147. The minimum atomic E-state index is 0.147. The smallest absolute Gasteiger partial charge is 0.234 e. The van der Waals surface area contributed by atoms with Crippen molar-refractivity contribution >= 4 is 17.2 Å². The Bertz CT molecular complexity index is 383. The lowest BCUT2D eigenvalue weighted by Crippen LogP contribution is -2.42. The minimum Gasteiger partial charge on any atom is -0.352 e. The second-order valence-electron chi connectivity index (χ2n) is 5.87. The van der Waals surface area contributed by atoms with E-state index in [1.807, 2.05) is 0 Å². The molecule has 0 aliphatic heterocycles. The van der Waals surface area contributed by atoms with E-state index in [1.54, 1.807) is 11.3 Å². The van der Waals surface area contributed by atoms with Crippen LogP contribution in [-0.2, 0) is 11.2 Å². The number of hydrogen-bond acceptors (Lipinski definition) is 3. The summed E-state index contributed by atoms with van der Waals surface area (Å²) in [5.74, 6) is 0.147. The summed E-state index contributed by atoms with van der Waals surface area (Å²) in [5.41, 5.74) is 1.35. The van der Waals surface area contributed by atoms with Crippen molar-refractivity contribution in [3.05, 3.63) is 22.4 Å². The van der Waals surface area contributed by atoms with Gasteiger partial charge in [0.1, 0.15) is 0 Å². The van der Waals surface area contributed by atoms with E-state index in [2.05, 4.69) is 34.4 Å². The highest BCUT2D eigenvalue weighted by Gasteiger charge is 2.15. The summed E-state index contributed by atoms with van der Waals surface area (Å²) < 4.78 is 0. The molecule has 1 saturated carbocycles. The van der Waals surface area contributed by atoms with Crippen LogP contribution in [0.3, 0.4) is 0 Å². The van der Waals surface area contributed by atoms with Gasteiger partial charge in [-0.3, -0.25) is 4.79 Å². The number of thiophene rings is 1. The van der Waals surface area contributed by atoms with E-state index in [0.717, 1.165) is 19.3 Å². The van der Waals surface area contributed by atoms with Crippen molar-refractivity contribution in [2.24, 2.45) is 0 Å². The van der Waals surface area contributed by atoms with E-state index in [0.29, 0.717) is 18.6 Å². The van der Waals surface area contributed by atoms with Crippen LogP contribution in [-0.4, -0.2) is 24.5 Å². The van der Waals surface area contributed by atoms with Gasteiger partial charge in [0.05, 0.1) is 6.54 Å². The first kappa shape index (κ1) is 15.5. The summed E-state index contributed by atoms with van der Waals surface area (Å²) in [6.07, 6.45) is 8.44. The van der Waals surface area contributed by atoms with Gasteiger partial charge in [-0.1, -0.05) is 25.7 Å². The molecule has 0 aromatic carbocycles.